The molecule has 3 aromatic heterocycles. The number of ketones is 1. The number of pyridine rings is 1. The van der Waals surface area contributed by atoms with Crippen molar-refractivity contribution in [3.05, 3.63) is 83.4 Å². The van der Waals surface area contributed by atoms with Crippen molar-refractivity contribution in [2.45, 2.75) is 44.4 Å². The molecule has 162 valence electrons. The lowest BCUT2D eigenvalue weighted by Gasteiger charge is -2.10. The van der Waals surface area contributed by atoms with Crippen LogP contribution in [-0.2, 0) is 6.54 Å². The van der Waals surface area contributed by atoms with Crippen LogP contribution in [0.2, 0.25) is 0 Å². The molecule has 1 fully saturated rings. The van der Waals surface area contributed by atoms with Crippen LogP contribution in [-0.4, -0.2) is 35.9 Å². The zero-order chi connectivity index (χ0) is 22.1. The predicted molar refractivity (Wildman–Crippen MR) is 126 cm³/mol. The fraction of sp³-hybridized carbons (Fsp3) is 0.280. The van der Waals surface area contributed by atoms with Crippen molar-refractivity contribution < 1.29 is 4.79 Å². The number of aromatic nitrogens is 5. The lowest BCUT2D eigenvalue weighted by atomic mass is 10.2. The van der Waals surface area contributed by atoms with E-state index in [1.54, 1.807) is 6.20 Å². The van der Waals surface area contributed by atoms with Crippen LogP contribution < -0.4 is 0 Å². The zero-order valence-corrected chi connectivity index (χ0v) is 19.0. The van der Waals surface area contributed by atoms with Gasteiger partial charge in [0.15, 0.2) is 16.8 Å². The van der Waals surface area contributed by atoms with Crippen LogP contribution in [0.4, 0.5) is 0 Å². The van der Waals surface area contributed by atoms with E-state index >= 15 is 0 Å². The molecular formula is C25H25N5OS. The number of nitrogens with zero attached hydrogens (tertiary/aromatic N) is 5. The number of thioether (sulfide) groups is 1. The van der Waals surface area contributed by atoms with Crippen molar-refractivity contribution in [1.82, 2.24) is 24.3 Å². The van der Waals surface area contributed by atoms with Gasteiger partial charge in [-0.2, -0.15) is 0 Å². The third-order valence-electron chi connectivity index (χ3n) is 5.89. The number of hydrogen-bond donors (Lipinski definition) is 0. The largest absolute Gasteiger partial charge is 0.344 e. The van der Waals surface area contributed by atoms with Crippen LogP contribution in [0, 0.1) is 13.8 Å². The van der Waals surface area contributed by atoms with Crippen molar-refractivity contribution in [3.63, 3.8) is 0 Å². The highest BCUT2D eigenvalue weighted by Gasteiger charge is 2.30. The molecule has 0 aliphatic heterocycles. The van der Waals surface area contributed by atoms with Gasteiger partial charge < -0.3 is 4.57 Å². The number of Topliss-reactive ketones (excluding diaryl/α,β-unsaturated/α-hetero) is 1. The molecule has 1 aliphatic rings. The third-order valence-corrected chi connectivity index (χ3v) is 6.83. The fourth-order valence-corrected chi connectivity index (χ4v) is 4.92. The lowest BCUT2D eigenvalue weighted by Crippen LogP contribution is -2.08. The molecule has 1 aromatic carbocycles. The maximum Gasteiger partial charge on any atom is 0.192 e. The molecule has 0 bridgehead atoms. The Morgan fingerprint density at radius 1 is 1.09 bits per heavy atom. The van der Waals surface area contributed by atoms with Gasteiger partial charge in [-0.1, -0.05) is 42.1 Å². The molecule has 32 heavy (non-hydrogen) atoms. The molecule has 0 N–H and O–H groups in total. The highest BCUT2D eigenvalue weighted by molar-refractivity contribution is 7.99. The Kier molecular flexibility index (Phi) is 5.66. The topological polar surface area (TPSA) is 65.6 Å². The van der Waals surface area contributed by atoms with Crippen LogP contribution in [0.1, 0.15) is 46.2 Å². The molecular weight excluding hydrogens is 418 g/mol. The molecule has 0 amide bonds. The minimum Gasteiger partial charge on any atom is -0.344 e. The van der Waals surface area contributed by atoms with Gasteiger partial charge in [0.25, 0.3) is 0 Å². The van der Waals surface area contributed by atoms with Crippen molar-refractivity contribution >= 4 is 17.5 Å². The van der Waals surface area contributed by atoms with Gasteiger partial charge in [0.05, 0.1) is 5.75 Å². The molecule has 0 atom stereocenters. The van der Waals surface area contributed by atoms with Crippen LogP contribution in [0.25, 0.3) is 11.4 Å². The van der Waals surface area contributed by atoms with Crippen LogP contribution in [0.3, 0.4) is 0 Å². The summed E-state index contributed by atoms with van der Waals surface area (Å²) in [4.78, 5) is 17.3. The second-order valence-corrected chi connectivity index (χ2v) is 9.16. The van der Waals surface area contributed by atoms with Gasteiger partial charge in [-0.25, -0.2) is 0 Å². The molecule has 0 unspecified atom stereocenters. The monoisotopic (exact) mass is 443 g/mol. The molecule has 1 aliphatic carbocycles. The van der Waals surface area contributed by atoms with E-state index in [1.165, 1.54) is 17.3 Å². The summed E-state index contributed by atoms with van der Waals surface area (Å²) in [6, 6.07) is 16.7. The average molecular weight is 444 g/mol. The minimum absolute atomic E-state index is 0.121. The van der Waals surface area contributed by atoms with E-state index in [-0.39, 0.29) is 5.78 Å². The molecule has 7 heteroatoms. The van der Waals surface area contributed by atoms with E-state index in [2.05, 4.69) is 43.4 Å². The number of carbonyl (C=O) groups excluding carboxylic acids is 1. The summed E-state index contributed by atoms with van der Waals surface area (Å²) in [5, 5.41) is 9.63. The summed E-state index contributed by atoms with van der Waals surface area (Å²) in [6.45, 7) is 4.86. The molecule has 4 aromatic rings. The van der Waals surface area contributed by atoms with E-state index in [0.717, 1.165) is 52.9 Å². The van der Waals surface area contributed by atoms with E-state index in [1.807, 2.05) is 49.5 Å². The predicted octanol–water partition coefficient (Wildman–Crippen LogP) is 5.12. The Balaban J connectivity index is 1.34. The van der Waals surface area contributed by atoms with Gasteiger partial charge in [-0.15, -0.1) is 10.2 Å². The Labute approximate surface area is 191 Å². The molecule has 1 saturated carbocycles. The second-order valence-electron chi connectivity index (χ2n) is 8.22. The van der Waals surface area contributed by atoms with E-state index < -0.39 is 0 Å². The van der Waals surface area contributed by atoms with Gasteiger partial charge >= 0.3 is 0 Å². The molecule has 0 saturated heterocycles. The van der Waals surface area contributed by atoms with Crippen molar-refractivity contribution in [2.75, 3.05) is 5.75 Å². The molecule has 6 nitrogen and oxygen atoms in total. The number of benzene rings is 1. The van der Waals surface area contributed by atoms with Gasteiger partial charge in [0, 0.05) is 47.5 Å². The SMILES string of the molecule is Cc1cc(C(=O)CSc2nnc(-c3cccnc3)n2C2CC2)c(C)n1Cc1ccccc1. The summed E-state index contributed by atoms with van der Waals surface area (Å²) in [5.74, 6) is 1.29. The Bertz CT molecular complexity index is 1240. The average Bonchev–Trinajstić information content (AvgIpc) is 3.52. The van der Waals surface area contributed by atoms with Crippen LogP contribution in [0.15, 0.2) is 66.1 Å². The summed E-state index contributed by atoms with van der Waals surface area (Å²) < 4.78 is 4.38. The van der Waals surface area contributed by atoms with E-state index in [0.29, 0.717) is 11.8 Å². The first-order valence-corrected chi connectivity index (χ1v) is 11.8. The number of aryl methyl sites for hydroxylation is 1. The van der Waals surface area contributed by atoms with Crippen molar-refractivity contribution in [3.8, 4) is 11.4 Å². The normalized spacial score (nSPS) is 13.4. The molecule has 5 rings (SSSR count). The summed E-state index contributed by atoms with van der Waals surface area (Å²) >= 11 is 1.47. The first kappa shape index (κ1) is 20.7. The quantitative estimate of drug-likeness (QED) is 0.279. The third kappa shape index (κ3) is 4.12. The number of rotatable bonds is 8. The standard InChI is InChI=1S/C25H25N5OS/c1-17-13-22(18(2)29(17)15-19-7-4-3-5-8-19)23(31)16-32-25-28-27-24(30(25)21-10-11-21)20-9-6-12-26-14-20/h3-9,12-14,21H,10-11,15-16H2,1-2H3. The number of hydrogen-bond acceptors (Lipinski definition) is 5. The second kappa shape index (κ2) is 8.74. The fourth-order valence-electron chi connectivity index (χ4n) is 4.03. The van der Waals surface area contributed by atoms with Gasteiger partial charge in [-0.05, 0) is 50.5 Å². The van der Waals surface area contributed by atoms with Gasteiger partial charge in [0.1, 0.15) is 0 Å². The van der Waals surface area contributed by atoms with Crippen LogP contribution in [0.5, 0.6) is 0 Å². The first-order chi connectivity index (χ1) is 15.6. The molecule has 0 radical (unpaired) electrons. The Morgan fingerprint density at radius 2 is 1.91 bits per heavy atom. The lowest BCUT2D eigenvalue weighted by molar-refractivity contribution is 0.102. The maximum atomic E-state index is 13.1. The first-order valence-electron chi connectivity index (χ1n) is 10.8. The Hall–Kier alpha value is -3.19. The maximum absolute atomic E-state index is 13.1. The summed E-state index contributed by atoms with van der Waals surface area (Å²) in [7, 11) is 0. The van der Waals surface area contributed by atoms with E-state index in [4.69, 9.17) is 0 Å². The minimum atomic E-state index is 0.121. The zero-order valence-electron chi connectivity index (χ0n) is 18.2. The van der Waals surface area contributed by atoms with Gasteiger partial charge in [-0.3, -0.25) is 14.3 Å². The van der Waals surface area contributed by atoms with Gasteiger partial charge in [0.2, 0.25) is 0 Å². The van der Waals surface area contributed by atoms with E-state index in [9.17, 15) is 4.79 Å². The summed E-state index contributed by atoms with van der Waals surface area (Å²) in [5.41, 5.74) is 5.07. The van der Waals surface area contributed by atoms with Crippen molar-refractivity contribution in [1.29, 1.82) is 0 Å². The number of carbonyl (C=O) groups is 1. The van der Waals surface area contributed by atoms with Crippen molar-refractivity contribution in [2.24, 2.45) is 0 Å². The summed E-state index contributed by atoms with van der Waals surface area (Å²) in [6.07, 6.45) is 5.80. The highest BCUT2D eigenvalue weighted by Crippen LogP contribution is 2.41. The Morgan fingerprint density at radius 3 is 2.62 bits per heavy atom. The molecule has 3 heterocycles. The van der Waals surface area contributed by atoms with Crippen LogP contribution >= 0.6 is 11.8 Å². The highest BCUT2D eigenvalue weighted by atomic mass is 32.2. The molecule has 0 spiro atoms. The smallest absolute Gasteiger partial charge is 0.192 e.